The monoisotopic (exact) mass is 310 g/mol. The Kier molecular flexibility index (Phi) is 5.65. The van der Waals surface area contributed by atoms with Crippen molar-refractivity contribution in [1.29, 1.82) is 0 Å². The van der Waals surface area contributed by atoms with Crippen molar-refractivity contribution in [3.8, 4) is 0 Å². The Morgan fingerprint density at radius 1 is 1.38 bits per heavy atom. The first-order chi connectivity index (χ1) is 10.0. The number of halogens is 1. The van der Waals surface area contributed by atoms with Gasteiger partial charge < -0.3 is 10.2 Å². The van der Waals surface area contributed by atoms with Crippen LogP contribution >= 0.6 is 11.6 Å². The molecular formula is C17H23ClO3. The first-order valence-electron chi connectivity index (χ1n) is 7.72. The number of aliphatic carboxylic acids is 1. The van der Waals surface area contributed by atoms with Gasteiger partial charge in [-0.25, -0.2) is 0 Å². The van der Waals surface area contributed by atoms with Crippen molar-refractivity contribution < 1.29 is 15.0 Å². The Hall–Kier alpha value is -1.06. The Balaban J connectivity index is 2.13. The highest BCUT2D eigenvalue weighted by Crippen LogP contribution is 2.31. The summed E-state index contributed by atoms with van der Waals surface area (Å²) in [5, 5.41) is 19.9. The molecular weight excluding hydrogens is 288 g/mol. The zero-order valence-electron chi connectivity index (χ0n) is 12.4. The molecule has 0 radical (unpaired) electrons. The first kappa shape index (κ1) is 16.3. The maximum absolute atomic E-state index is 11.2. The number of benzene rings is 1. The van der Waals surface area contributed by atoms with Crippen LogP contribution in [0.5, 0.6) is 0 Å². The molecule has 0 aromatic heterocycles. The molecule has 2 rings (SSSR count). The molecule has 1 aromatic carbocycles. The van der Waals surface area contributed by atoms with Crippen LogP contribution in [0.3, 0.4) is 0 Å². The number of aliphatic hydroxyl groups excluding tert-OH is 1. The van der Waals surface area contributed by atoms with Crippen molar-refractivity contribution in [3.05, 3.63) is 34.3 Å². The zero-order chi connectivity index (χ0) is 15.4. The van der Waals surface area contributed by atoms with Crippen molar-refractivity contribution in [3.63, 3.8) is 0 Å². The Morgan fingerprint density at radius 3 is 2.67 bits per heavy atom. The van der Waals surface area contributed by atoms with Crippen molar-refractivity contribution in [2.24, 2.45) is 5.92 Å². The Morgan fingerprint density at radius 2 is 2.10 bits per heavy atom. The fourth-order valence-electron chi connectivity index (χ4n) is 3.21. The number of aliphatic hydroxyl groups is 1. The van der Waals surface area contributed by atoms with Crippen LogP contribution in [0.15, 0.2) is 18.2 Å². The number of carboxylic acid groups (broad SMARTS) is 1. The lowest BCUT2D eigenvalue weighted by Gasteiger charge is -2.28. The van der Waals surface area contributed by atoms with Crippen LogP contribution in [0.1, 0.15) is 56.1 Å². The van der Waals surface area contributed by atoms with E-state index in [-0.39, 0.29) is 12.0 Å². The van der Waals surface area contributed by atoms with Crippen molar-refractivity contribution in [2.45, 2.75) is 57.5 Å². The summed E-state index contributed by atoms with van der Waals surface area (Å²) in [4.78, 5) is 11.2. The molecule has 0 heterocycles. The third kappa shape index (κ3) is 3.98. The molecule has 4 heteroatoms. The lowest BCUT2D eigenvalue weighted by Crippen LogP contribution is -2.26. The van der Waals surface area contributed by atoms with E-state index in [9.17, 15) is 15.0 Å². The number of rotatable bonds is 5. The van der Waals surface area contributed by atoms with Crippen LogP contribution in [0.4, 0.5) is 0 Å². The van der Waals surface area contributed by atoms with Gasteiger partial charge in [-0.1, -0.05) is 43.5 Å². The molecule has 0 bridgehead atoms. The lowest BCUT2D eigenvalue weighted by molar-refractivity contribution is -0.138. The minimum absolute atomic E-state index is 0.239. The van der Waals surface area contributed by atoms with Crippen LogP contribution < -0.4 is 0 Å². The van der Waals surface area contributed by atoms with E-state index in [1.54, 1.807) is 6.07 Å². The highest BCUT2D eigenvalue weighted by atomic mass is 35.5. The molecule has 0 aliphatic heterocycles. The summed E-state index contributed by atoms with van der Waals surface area (Å²) in [5.74, 6) is -1.05. The minimum Gasteiger partial charge on any atom is -0.481 e. The van der Waals surface area contributed by atoms with Crippen molar-refractivity contribution in [1.82, 2.24) is 0 Å². The molecule has 21 heavy (non-hydrogen) atoms. The van der Waals surface area contributed by atoms with Gasteiger partial charge in [0.1, 0.15) is 0 Å². The summed E-state index contributed by atoms with van der Waals surface area (Å²) in [6.45, 7) is 1.86. The smallest absolute Gasteiger partial charge is 0.310 e. The van der Waals surface area contributed by atoms with Gasteiger partial charge in [0.15, 0.2) is 0 Å². The zero-order valence-corrected chi connectivity index (χ0v) is 13.1. The van der Waals surface area contributed by atoms with Gasteiger partial charge in [-0.05, 0) is 48.8 Å². The second-order valence-corrected chi connectivity index (χ2v) is 6.37. The largest absolute Gasteiger partial charge is 0.481 e. The van der Waals surface area contributed by atoms with Crippen LogP contribution in [0, 0.1) is 5.92 Å². The van der Waals surface area contributed by atoms with Gasteiger partial charge in [0, 0.05) is 5.02 Å². The molecule has 1 fully saturated rings. The van der Waals surface area contributed by atoms with E-state index >= 15 is 0 Å². The van der Waals surface area contributed by atoms with E-state index in [2.05, 4.69) is 0 Å². The molecule has 2 N–H and O–H groups in total. The summed E-state index contributed by atoms with van der Waals surface area (Å²) in [5.41, 5.74) is 1.76. The third-order valence-electron chi connectivity index (χ3n) is 4.54. The van der Waals surface area contributed by atoms with Gasteiger partial charge in [-0.2, -0.15) is 0 Å². The summed E-state index contributed by atoms with van der Waals surface area (Å²) in [6, 6.07) is 5.55. The quantitative estimate of drug-likeness (QED) is 0.864. The fraction of sp³-hybridized carbons (Fsp3) is 0.588. The number of carboxylic acids is 1. The molecule has 1 aliphatic rings. The second kappa shape index (κ2) is 7.28. The maximum Gasteiger partial charge on any atom is 0.310 e. The average molecular weight is 311 g/mol. The molecule has 3 unspecified atom stereocenters. The normalized spacial score (nSPS) is 23.8. The first-order valence-corrected chi connectivity index (χ1v) is 8.10. The average Bonchev–Trinajstić information content (AvgIpc) is 2.44. The maximum atomic E-state index is 11.2. The predicted octanol–water partition coefficient (Wildman–Crippen LogP) is 4.01. The topological polar surface area (TPSA) is 57.5 Å². The summed E-state index contributed by atoms with van der Waals surface area (Å²) >= 11 is 6.33. The van der Waals surface area contributed by atoms with Crippen LogP contribution in [-0.4, -0.2) is 22.3 Å². The molecule has 0 spiro atoms. The Bertz CT molecular complexity index is 501. The summed E-state index contributed by atoms with van der Waals surface area (Å²) < 4.78 is 0. The molecule has 1 aliphatic carbocycles. The molecule has 3 nitrogen and oxygen atoms in total. The lowest BCUT2D eigenvalue weighted by atomic mass is 9.82. The van der Waals surface area contributed by atoms with Gasteiger partial charge >= 0.3 is 5.97 Å². The van der Waals surface area contributed by atoms with Crippen LogP contribution in [0.2, 0.25) is 5.02 Å². The van der Waals surface area contributed by atoms with Gasteiger partial charge in [0.2, 0.25) is 0 Å². The van der Waals surface area contributed by atoms with Crippen molar-refractivity contribution >= 4 is 17.6 Å². The molecule has 1 saturated carbocycles. The molecule has 3 atom stereocenters. The summed E-state index contributed by atoms with van der Waals surface area (Å²) in [7, 11) is 0. The van der Waals surface area contributed by atoms with Gasteiger partial charge in [0.05, 0.1) is 12.0 Å². The van der Waals surface area contributed by atoms with Crippen LogP contribution in [0.25, 0.3) is 0 Å². The highest BCUT2D eigenvalue weighted by Gasteiger charge is 2.24. The predicted molar refractivity (Wildman–Crippen MR) is 83.8 cm³/mol. The van der Waals surface area contributed by atoms with E-state index < -0.39 is 11.9 Å². The van der Waals surface area contributed by atoms with E-state index in [1.165, 1.54) is 0 Å². The number of hydrogen-bond acceptors (Lipinski definition) is 2. The molecule has 1 aromatic rings. The SMILES string of the molecule is CCC(C(=O)O)c1ccc(CC2CCCCC2O)c(Cl)c1. The number of carbonyl (C=O) groups is 1. The minimum atomic E-state index is -0.816. The molecule has 116 valence electrons. The van der Waals surface area contributed by atoms with Gasteiger partial charge in [-0.3, -0.25) is 4.79 Å². The van der Waals surface area contributed by atoms with E-state index in [0.717, 1.165) is 43.2 Å². The van der Waals surface area contributed by atoms with Crippen LogP contribution in [-0.2, 0) is 11.2 Å². The van der Waals surface area contributed by atoms with Gasteiger partial charge in [-0.15, -0.1) is 0 Å². The summed E-state index contributed by atoms with van der Waals surface area (Å²) in [6.07, 6.45) is 5.24. The molecule has 0 saturated heterocycles. The molecule has 0 amide bonds. The highest BCUT2D eigenvalue weighted by molar-refractivity contribution is 6.31. The van der Waals surface area contributed by atoms with E-state index in [4.69, 9.17) is 11.6 Å². The standard InChI is InChI=1S/C17H23ClO3/c1-2-14(17(20)21)11-7-8-12(15(18)10-11)9-13-5-3-4-6-16(13)19/h7-8,10,13-14,16,19H,2-6,9H2,1H3,(H,20,21). The van der Waals surface area contributed by atoms with E-state index in [1.807, 2.05) is 19.1 Å². The van der Waals surface area contributed by atoms with Gasteiger partial charge in [0.25, 0.3) is 0 Å². The number of hydrogen-bond donors (Lipinski definition) is 2. The Labute approximate surface area is 130 Å². The van der Waals surface area contributed by atoms with Crippen molar-refractivity contribution in [2.75, 3.05) is 0 Å². The third-order valence-corrected chi connectivity index (χ3v) is 4.89. The fourth-order valence-corrected chi connectivity index (χ4v) is 3.47. The van der Waals surface area contributed by atoms with E-state index in [0.29, 0.717) is 11.4 Å². The second-order valence-electron chi connectivity index (χ2n) is 5.97.